The highest BCUT2D eigenvalue weighted by molar-refractivity contribution is 7.13. The van der Waals surface area contributed by atoms with Crippen molar-refractivity contribution in [3.05, 3.63) is 76.4 Å². The van der Waals surface area contributed by atoms with E-state index in [4.69, 9.17) is 11.5 Å². The average molecular weight is 748 g/mol. The van der Waals surface area contributed by atoms with E-state index < -0.39 is 41.5 Å². The van der Waals surface area contributed by atoms with E-state index in [0.717, 1.165) is 39.2 Å². The Morgan fingerprint density at radius 1 is 0.981 bits per heavy atom. The van der Waals surface area contributed by atoms with Crippen LogP contribution in [0.1, 0.15) is 81.7 Å². The molecule has 1 aromatic heterocycles. The minimum atomic E-state index is -0.894. The summed E-state index contributed by atoms with van der Waals surface area (Å²) in [5.74, 6) is -1.87. The predicted molar refractivity (Wildman–Crippen MR) is 204 cm³/mol. The van der Waals surface area contributed by atoms with E-state index in [1.165, 1.54) is 4.90 Å². The van der Waals surface area contributed by atoms with Crippen molar-refractivity contribution in [2.45, 2.75) is 110 Å². The van der Waals surface area contributed by atoms with E-state index >= 15 is 0 Å². The molecular formula is C39H53N7O6S. The van der Waals surface area contributed by atoms with Gasteiger partial charge in [0.1, 0.15) is 12.1 Å². The summed E-state index contributed by atoms with van der Waals surface area (Å²) in [5.41, 5.74) is 17.0. The number of aryl methyl sites for hydroxylation is 2. The minimum absolute atomic E-state index is 0.00705. The molecule has 0 saturated carbocycles. The Morgan fingerprint density at radius 2 is 1.68 bits per heavy atom. The van der Waals surface area contributed by atoms with Crippen LogP contribution in [0.25, 0.3) is 10.4 Å². The summed E-state index contributed by atoms with van der Waals surface area (Å²) in [6.07, 6.45) is 1.74. The van der Waals surface area contributed by atoms with Crippen molar-refractivity contribution in [1.29, 1.82) is 0 Å². The smallest absolute Gasteiger partial charge is 0.246 e. The summed E-state index contributed by atoms with van der Waals surface area (Å²) in [5, 5.41) is 19.2. The van der Waals surface area contributed by atoms with Crippen LogP contribution in [0, 0.1) is 12.3 Å². The monoisotopic (exact) mass is 747 g/mol. The molecule has 8 N–H and O–H groups in total. The number of carbonyl (C=O) groups is 5. The SMILES string of the molecule is Cc1ncsc1-c1ccc(CNC(=O)[C@@H]2C[C@@H](O)CN2C(=O)[C@@H](NC(=O)CCCCc2cccc(CNC(=O)[C@@H](N)CCC(N)=O)c2)C(C)(C)C)cc1. The Bertz CT molecular complexity index is 1740. The molecule has 1 fully saturated rings. The summed E-state index contributed by atoms with van der Waals surface area (Å²) in [7, 11) is 0. The van der Waals surface area contributed by atoms with E-state index in [2.05, 4.69) is 20.9 Å². The first-order chi connectivity index (χ1) is 25.1. The molecule has 14 heteroatoms. The van der Waals surface area contributed by atoms with Crippen molar-refractivity contribution >= 4 is 40.9 Å². The molecular weight excluding hydrogens is 695 g/mol. The lowest BCUT2D eigenvalue weighted by Crippen LogP contribution is -2.57. The van der Waals surface area contributed by atoms with Gasteiger partial charge in [-0.25, -0.2) is 4.98 Å². The number of likely N-dealkylation sites (tertiary alicyclic amines) is 1. The molecule has 3 aromatic rings. The Balaban J connectivity index is 1.25. The van der Waals surface area contributed by atoms with E-state index in [0.29, 0.717) is 19.4 Å². The quantitative estimate of drug-likeness (QED) is 0.113. The number of thiazole rings is 1. The van der Waals surface area contributed by atoms with E-state index in [1.807, 2.05) is 81.7 Å². The maximum Gasteiger partial charge on any atom is 0.246 e. The number of amides is 5. The lowest BCUT2D eigenvalue weighted by molar-refractivity contribution is -0.144. The van der Waals surface area contributed by atoms with Crippen molar-refractivity contribution in [2.75, 3.05) is 6.54 Å². The van der Waals surface area contributed by atoms with Gasteiger partial charge in [0.15, 0.2) is 0 Å². The molecule has 1 aliphatic rings. The summed E-state index contributed by atoms with van der Waals surface area (Å²) >= 11 is 1.57. The van der Waals surface area contributed by atoms with Gasteiger partial charge in [-0.05, 0) is 60.3 Å². The minimum Gasteiger partial charge on any atom is -0.391 e. The molecule has 0 spiro atoms. The Morgan fingerprint density at radius 3 is 2.34 bits per heavy atom. The van der Waals surface area contributed by atoms with Crippen LogP contribution in [-0.4, -0.2) is 75.3 Å². The highest BCUT2D eigenvalue weighted by Crippen LogP contribution is 2.28. The highest BCUT2D eigenvalue weighted by atomic mass is 32.1. The van der Waals surface area contributed by atoms with E-state index in [9.17, 15) is 29.1 Å². The number of nitrogens with two attached hydrogens (primary N) is 2. The first-order valence-corrected chi connectivity index (χ1v) is 18.9. The lowest BCUT2D eigenvalue weighted by Gasteiger charge is -2.35. The van der Waals surface area contributed by atoms with Crippen molar-refractivity contribution in [1.82, 2.24) is 25.8 Å². The number of aliphatic hydroxyl groups is 1. The number of hydrogen-bond acceptors (Lipinski definition) is 9. The zero-order chi connectivity index (χ0) is 38.7. The van der Waals surface area contributed by atoms with Crippen LogP contribution < -0.4 is 27.4 Å². The Hall–Kier alpha value is -4.66. The number of nitrogens with zero attached hydrogens (tertiary/aromatic N) is 2. The summed E-state index contributed by atoms with van der Waals surface area (Å²) in [4.78, 5) is 70.5. The van der Waals surface area contributed by atoms with Crippen LogP contribution in [0.15, 0.2) is 54.0 Å². The number of aromatic nitrogens is 1. The molecule has 1 aliphatic heterocycles. The van der Waals surface area contributed by atoms with Gasteiger partial charge in [-0.1, -0.05) is 69.3 Å². The fraction of sp³-hybridized carbons (Fsp3) is 0.487. The number of β-amino-alcohol motifs (C(OH)–C–C–N with tert-alkyl or cyclic N) is 1. The molecule has 13 nitrogen and oxygen atoms in total. The first kappa shape index (κ1) is 41.1. The zero-order valence-corrected chi connectivity index (χ0v) is 31.8. The van der Waals surface area contributed by atoms with Gasteiger partial charge in [0.25, 0.3) is 0 Å². The topological polar surface area (TPSA) is 210 Å². The molecule has 1 saturated heterocycles. The molecule has 2 heterocycles. The van der Waals surface area contributed by atoms with Crippen LogP contribution in [0.3, 0.4) is 0 Å². The maximum absolute atomic E-state index is 13.9. The third-order valence-electron chi connectivity index (χ3n) is 9.33. The predicted octanol–water partition coefficient (Wildman–Crippen LogP) is 2.85. The first-order valence-electron chi connectivity index (χ1n) is 18.1. The van der Waals surface area contributed by atoms with Crippen LogP contribution in [0.4, 0.5) is 0 Å². The molecule has 0 unspecified atom stereocenters. The summed E-state index contributed by atoms with van der Waals surface area (Å²) in [6, 6.07) is 13.1. The van der Waals surface area contributed by atoms with Gasteiger partial charge in [0.05, 0.1) is 28.2 Å². The normalized spacial score (nSPS) is 16.8. The second-order valence-electron chi connectivity index (χ2n) is 14.8. The van der Waals surface area contributed by atoms with Crippen LogP contribution in [-0.2, 0) is 43.5 Å². The molecule has 53 heavy (non-hydrogen) atoms. The van der Waals surface area contributed by atoms with Gasteiger partial charge < -0.3 is 37.4 Å². The number of benzene rings is 2. The molecule has 0 bridgehead atoms. The molecule has 2 aromatic carbocycles. The summed E-state index contributed by atoms with van der Waals surface area (Å²) < 4.78 is 0. The van der Waals surface area contributed by atoms with Crippen molar-refractivity contribution < 1.29 is 29.1 Å². The van der Waals surface area contributed by atoms with Crippen LogP contribution >= 0.6 is 11.3 Å². The third-order valence-corrected chi connectivity index (χ3v) is 10.3. The van der Waals surface area contributed by atoms with Gasteiger partial charge in [0, 0.05) is 38.9 Å². The fourth-order valence-corrected chi connectivity index (χ4v) is 7.08. The van der Waals surface area contributed by atoms with Gasteiger partial charge >= 0.3 is 0 Å². The number of primary amides is 1. The van der Waals surface area contributed by atoms with Gasteiger partial charge in [-0.15, -0.1) is 11.3 Å². The average Bonchev–Trinajstić information content (AvgIpc) is 3.74. The molecule has 0 aliphatic carbocycles. The van der Waals surface area contributed by atoms with Gasteiger partial charge in [-0.3, -0.25) is 24.0 Å². The fourth-order valence-electron chi connectivity index (χ4n) is 6.27. The number of rotatable bonds is 17. The molecule has 4 atom stereocenters. The van der Waals surface area contributed by atoms with Gasteiger partial charge in [-0.2, -0.15) is 0 Å². The number of aliphatic hydroxyl groups excluding tert-OH is 1. The van der Waals surface area contributed by atoms with Crippen LogP contribution in [0.2, 0.25) is 0 Å². The number of carbonyl (C=O) groups excluding carboxylic acids is 5. The molecule has 5 amide bonds. The van der Waals surface area contributed by atoms with Crippen molar-refractivity contribution in [3.63, 3.8) is 0 Å². The number of hydrogen-bond donors (Lipinski definition) is 6. The van der Waals surface area contributed by atoms with Gasteiger partial charge in [0.2, 0.25) is 29.5 Å². The summed E-state index contributed by atoms with van der Waals surface area (Å²) in [6.45, 7) is 8.11. The largest absolute Gasteiger partial charge is 0.391 e. The second-order valence-corrected chi connectivity index (χ2v) is 15.7. The molecule has 286 valence electrons. The number of nitrogens with one attached hydrogen (secondary N) is 3. The lowest BCUT2D eigenvalue weighted by atomic mass is 9.85. The van der Waals surface area contributed by atoms with E-state index in [1.54, 1.807) is 11.3 Å². The third kappa shape index (κ3) is 12.2. The Labute approximate surface area is 315 Å². The Kier molecular flexibility index (Phi) is 14.7. The van der Waals surface area contributed by atoms with Crippen molar-refractivity contribution in [3.8, 4) is 10.4 Å². The second kappa shape index (κ2) is 18.9. The van der Waals surface area contributed by atoms with Crippen molar-refractivity contribution in [2.24, 2.45) is 16.9 Å². The van der Waals surface area contributed by atoms with E-state index in [-0.39, 0.29) is 56.5 Å². The van der Waals surface area contributed by atoms with Crippen LogP contribution in [0.5, 0.6) is 0 Å². The standard InChI is InChI=1S/C39H53N7O6S/c1-24-34(53-23-44-24)28-14-12-26(13-15-28)20-43-37(51)31-19-29(47)22-46(31)38(52)35(39(2,3)4)45-33(49)11-6-5-8-25-9-7-10-27(18-25)21-42-36(50)30(40)16-17-32(41)48/h7,9-10,12-15,18,23,29-31,35,47H,5-6,8,11,16-17,19-22,40H2,1-4H3,(H2,41,48)(H,42,50)(H,43,51)(H,45,49)/t29-,30+,31+,35-/m1/s1. The highest BCUT2D eigenvalue weighted by Gasteiger charge is 2.44. The molecule has 4 rings (SSSR count). The maximum atomic E-state index is 13.9. The zero-order valence-electron chi connectivity index (χ0n) is 31.0. The molecule has 0 radical (unpaired) electrons. The number of unbranched alkanes of at least 4 members (excludes halogenated alkanes) is 1.